The third-order valence-electron chi connectivity index (χ3n) is 5.83. The molecule has 0 spiro atoms. The molecule has 1 saturated carbocycles. The zero-order chi connectivity index (χ0) is 25.6. The van der Waals surface area contributed by atoms with Crippen LogP contribution in [0.25, 0.3) is 0 Å². The average Bonchev–Trinajstić information content (AvgIpc) is 2.83. The normalized spacial score (nSPS) is 14.1. The number of nitrogens with one attached hydrogen (secondary N) is 2. The highest BCUT2D eigenvalue weighted by molar-refractivity contribution is 5.93. The maximum absolute atomic E-state index is 11.5. The van der Waals surface area contributed by atoms with Crippen LogP contribution in [0, 0.1) is 12.8 Å². The van der Waals surface area contributed by atoms with Gasteiger partial charge in [-0.2, -0.15) is 0 Å². The minimum absolute atomic E-state index is 0.0320. The highest BCUT2D eigenvalue weighted by atomic mass is 16.5. The summed E-state index contributed by atoms with van der Waals surface area (Å²) in [5.74, 6) is 0.366. The van der Waals surface area contributed by atoms with Gasteiger partial charge in [0.1, 0.15) is 0 Å². The van der Waals surface area contributed by atoms with Crippen LogP contribution in [0.3, 0.4) is 0 Å². The van der Waals surface area contributed by atoms with Gasteiger partial charge in [0.2, 0.25) is 12.3 Å². The van der Waals surface area contributed by atoms with Crippen LogP contribution in [0.5, 0.6) is 5.75 Å². The van der Waals surface area contributed by atoms with E-state index in [0.717, 1.165) is 6.42 Å². The molecule has 8 nitrogen and oxygen atoms in total. The van der Waals surface area contributed by atoms with Gasteiger partial charge in [-0.3, -0.25) is 14.4 Å². The lowest BCUT2D eigenvalue weighted by molar-refractivity contribution is -0.119. The van der Waals surface area contributed by atoms with Crippen molar-refractivity contribution < 1.29 is 19.1 Å². The summed E-state index contributed by atoms with van der Waals surface area (Å²) in [4.78, 5) is 36.7. The summed E-state index contributed by atoms with van der Waals surface area (Å²) in [6.45, 7) is 6.48. The minimum atomic E-state index is -0.624. The second-order valence-electron chi connectivity index (χ2n) is 9.12. The van der Waals surface area contributed by atoms with Crippen molar-refractivity contribution in [2.75, 3.05) is 6.61 Å². The van der Waals surface area contributed by atoms with E-state index in [0.29, 0.717) is 30.4 Å². The number of ether oxygens (including phenoxy) is 1. The van der Waals surface area contributed by atoms with Crippen LogP contribution in [0.2, 0.25) is 0 Å². The van der Waals surface area contributed by atoms with Gasteiger partial charge in [0.15, 0.2) is 11.4 Å². The fourth-order valence-corrected chi connectivity index (χ4v) is 4.06. The Kier molecular flexibility index (Phi) is 11.7. The summed E-state index contributed by atoms with van der Waals surface area (Å²) in [6, 6.07) is 12.0. The number of hydrogen-bond acceptors (Lipinski definition) is 5. The molecule has 1 aliphatic carbocycles. The van der Waals surface area contributed by atoms with E-state index in [-0.39, 0.29) is 24.2 Å². The van der Waals surface area contributed by atoms with Gasteiger partial charge in [0.05, 0.1) is 18.8 Å². The first-order valence-electron chi connectivity index (χ1n) is 12.2. The number of hydrogen-bond donors (Lipinski definition) is 3. The lowest BCUT2D eigenvalue weighted by Crippen LogP contribution is -2.31. The molecule has 1 atom stereocenters. The smallest absolute Gasteiger partial charge is 0.271 e. The molecule has 0 aliphatic heterocycles. The van der Waals surface area contributed by atoms with E-state index in [1.807, 2.05) is 6.92 Å². The number of nitrogens with two attached hydrogens (primary N) is 1. The summed E-state index contributed by atoms with van der Waals surface area (Å²) in [7, 11) is 0. The second kappa shape index (κ2) is 14.8. The van der Waals surface area contributed by atoms with Gasteiger partial charge in [-0.25, -0.2) is 4.98 Å². The lowest BCUT2D eigenvalue weighted by Gasteiger charge is -2.22. The number of aromatic nitrogens is 1. The maximum Gasteiger partial charge on any atom is 0.271 e. The molecule has 2 aromatic rings. The first kappa shape index (κ1) is 27.8. The Bertz CT molecular complexity index is 956. The molecule has 0 bridgehead atoms. The second-order valence-corrected chi connectivity index (χ2v) is 9.12. The van der Waals surface area contributed by atoms with E-state index in [2.05, 4.69) is 46.8 Å². The van der Waals surface area contributed by atoms with Crippen molar-refractivity contribution in [3.63, 3.8) is 0 Å². The number of benzene rings is 1. The van der Waals surface area contributed by atoms with Crippen molar-refractivity contribution in [2.24, 2.45) is 11.7 Å². The molecular weight excluding hydrogens is 444 g/mol. The molecule has 1 fully saturated rings. The molecule has 0 radical (unpaired) electrons. The number of carbonyl (C=O) groups is 3. The topological polar surface area (TPSA) is 123 Å². The number of primary amides is 1. The Morgan fingerprint density at radius 3 is 2.43 bits per heavy atom. The maximum atomic E-state index is 11.5. The van der Waals surface area contributed by atoms with E-state index in [4.69, 9.17) is 10.5 Å². The number of rotatable bonds is 10. The van der Waals surface area contributed by atoms with E-state index < -0.39 is 5.91 Å². The molecule has 8 heteroatoms. The van der Waals surface area contributed by atoms with Gasteiger partial charge in [-0.15, -0.1) is 0 Å². The first-order valence-corrected chi connectivity index (χ1v) is 12.2. The van der Waals surface area contributed by atoms with Gasteiger partial charge < -0.3 is 21.1 Å². The first-order chi connectivity index (χ1) is 16.8. The molecule has 0 saturated heterocycles. The fraction of sp³-hybridized carbons (Fsp3) is 0.481. The molecule has 1 aromatic carbocycles. The minimum Gasteiger partial charge on any atom is -0.491 e. The van der Waals surface area contributed by atoms with Crippen LogP contribution in [0.15, 0.2) is 36.4 Å². The van der Waals surface area contributed by atoms with E-state index >= 15 is 0 Å². The van der Waals surface area contributed by atoms with Crippen LogP contribution in [0.4, 0.5) is 0 Å². The van der Waals surface area contributed by atoms with Gasteiger partial charge in [-0.05, 0) is 56.7 Å². The highest BCUT2D eigenvalue weighted by Gasteiger charge is 2.17. The molecule has 4 N–H and O–H groups in total. The van der Waals surface area contributed by atoms with Gasteiger partial charge >= 0.3 is 0 Å². The number of pyridine rings is 1. The van der Waals surface area contributed by atoms with Crippen molar-refractivity contribution in [3.05, 3.63) is 58.9 Å². The quantitative estimate of drug-likeness (QED) is 0.448. The largest absolute Gasteiger partial charge is 0.491 e. The molecule has 1 aliphatic rings. The van der Waals surface area contributed by atoms with Crippen LogP contribution in [-0.2, 0) is 22.6 Å². The van der Waals surface area contributed by atoms with Crippen molar-refractivity contribution in [3.8, 4) is 5.75 Å². The molecule has 3 amide bonds. The zero-order valence-corrected chi connectivity index (χ0v) is 21.0. The van der Waals surface area contributed by atoms with Gasteiger partial charge in [-0.1, -0.05) is 49.1 Å². The Labute approximate surface area is 208 Å². The summed E-state index contributed by atoms with van der Waals surface area (Å²) in [5.41, 5.74) is 8.57. The Morgan fingerprint density at radius 1 is 1.14 bits per heavy atom. The SMILES string of the molecule is CC(=O)NC(C)Cc1ccc(C)cc1.NC(=O)c1nc(CNC=O)ccc1OCC1CCCCC1. The standard InChI is InChI=1S/C15H21N3O3.C12H17NO/c16-15(20)14-13(7-6-12(18-14)8-17-10-19)21-9-11-4-2-1-3-5-11;1-9-4-6-12(7-5-9)8-10(2)13-11(3)14/h6-7,10-11H,1-5,8-9H2,(H2,16,20)(H,17,19);4-7,10H,8H2,1-3H3,(H,13,14). The summed E-state index contributed by atoms with van der Waals surface area (Å²) < 4.78 is 5.74. The molecular formula is C27H38N4O4. The van der Waals surface area contributed by atoms with Crippen molar-refractivity contribution >= 4 is 18.2 Å². The summed E-state index contributed by atoms with van der Waals surface area (Å²) >= 11 is 0. The van der Waals surface area contributed by atoms with Crippen molar-refractivity contribution in [2.45, 2.75) is 71.9 Å². The van der Waals surface area contributed by atoms with E-state index in [1.165, 1.54) is 43.2 Å². The molecule has 35 heavy (non-hydrogen) atoms. The summed E-state index contributed by atoms with van der Waals surface area (Å²) in [6.07, 6.45) is 7.58. The van der Waals surface area contributed by atoms with Crippen molar-refractivity contribution in [1.29, 1.82) is 0 Å². The molecule has 3 rings (SSSR count). The molecule has 1 heterocycles. The average molecular weight is 483 g/mol. The van der Waals surface area contributed by atoms with Crippen LogP contribution < -0.4 is 21.1 Å². The molecule has 1 unspecified atom stereocenters. The fourth-order valence-electron chi connectivity index (χ4n) is 4.06. The zero-order valence-electron chi connectivity index (χ0n) is 21.0. The number of amides is 3. The van der Waals surface area contributed by atoms with E-state index in [1.54, 1.807) is 19.1 Å². The molecule has 1 aromatic heterocycles. The van der Waals surface area contributed by atoms with Gasteiger partial charge in [0.25, 0.3) is 5.91 Å². The third-order valence-corrected chi connectivity index (χ3v) is 5.83. The lowest BCUT2D eigenvalue weighted by atomic mass is 9.90. The predicted molar refractivity (Wildman–Crippen MR) is 136 cm³/mol. The highest BCUT2D eigenvalue weighted by Crippen LogP contribution is 2.25. The van der Waals surface area contributed by atoms with Crippen molar-refractivity contribution in [1.82, 2.24) is 15.6 Å². The van der Waals surface area contributed by atoms with Crippen LogP contribution >= 0.6 is 0 Å². The van der Waals surface area contributed by atoms with Crippen LogP contribution in [0.1, 0.15) is 73.3 Å². The Hall–Kier alpha value is -3.42. The number of aryl methyl sites for hydroxylation is 1. The van der Waals surface area contributed by atoms with Gasteiger partial charge in [0, 0.05) is 13.0 Å². The monoisotopic (exact) mass is 482 g/mol. The molecule has 190 valence electrons. The third kappa shape index (κ3) is 10.6. The Balaban J connectivity index is 0.000000269. The predicted octanol–water partition coefficient (Wildman–Crippen LogP) is 3.45. The Morgan fingerprint density at radius 2 is 1.83 bits per heavy atom. The van der Waals surface area contributed by atoms with Crippen LogP contribution in [-0.4, -0.2) is 35.9 Å². The van der Waals surface area contributed by atoms with E-state index in [9.17, 15) is 14.4 Å². The number of nitrogens with zero attached hydrogens (tertiary/aromatic N) is 1. The summed E-state index contributed by atoms with van der Waals surface area (Å²) in [5, 5.41) is 5.36. The number of carbonyl (C=O) groups excluding carboxylic acids is 3.